The number of amides is 1. The Morgan fingerprint density at radius 3 is 2.12 bits per heavy atom. The van der Waals surface area contributed by atoms with Crippen molar-refractivity contribution in [2.75, 3.05) is 26.2 Å². The van der Waals surface area contributed by atoms with Gasteiger partial charge in [-0.2, -0.15) is 4.31 Å². The SMILES string of the molecule is Cc1cc(C)c(C)c(S(=O)(=O)N2CCCN(C(=O)C3CC3)CC2)c1C. The van der Waals surface area contributed by atoms with Crippen molar-refractivity contribution in [2.24, 2.45) is 5.92 Å². The average molecular weight is 365 g/mol. The van der Waals surface area contributed by atoms with E-state index in [1.54, 1.807) is 4.31 Å². The molecule has 0 aromatic heterocycles. The summed E-state index contributed by atoms with van der Waals surface area (Å²) in [4.78, 5) is 14.6. The first-order valence-corrected chi connectivity index (χ1v) is 10.5. The van der Waals surface area contributed by atoms with Crippen LogP contribution in [0.2, 0.25) is 0 Å². The highest BCUT2D eigenvalue weighted by molar-refractivity contribution is 7.89. The number of carbonyl (C=O) groups is 1. The van der Waals surface area contributed by atoms with Crippen molar-refractivity contribution in [3.63, 3.8) is 0 Å². The first-order valence-electron chi connectivity index (χ1n) is 9.10. The Kier molecular flexibility index (Phi) is 4.95. The summed E-state index contributed by atoms with van der Waals surface area (Å²) in [5.74, 6) is 0.394. The highest BCUT2D eigenvalue weighted by Crippen LogP contribution is 2.32. The Hall–Kier alpha value is -1.40. The molecule has 25 heavy (non-hydrogen) atoms. The van der Waals surface area contributed by atoms with Gasteiger partial charge in [-0.05, 0) is 69.2 Å². The van der Waals surface area contributed by atoms with Crippen LogP contribution in [0.15, 0.2) is 11.0 Å². The molecule has 0 atom stereocenters. The molecule has 138 valence electrons. The molecule has 1 amide bonds. The predicted octanol–water partition coefficient (Wildman–Crippen LogP) is 2.55. The smallest absolute Gasteiger partial charge is 0.243 e. The van der Waals surface area contributed by atoms with Crippen molar-refractivity contribution < 1.29 is 13.2 Å². The van der Waals surface area contributed by atoms with E-state index in [9.17, 15) is 13.2 Å². The zero-order chi connectivity index (χ0) is 18.4. The van der Waals surface area contributed by atoms with Crippen LogP contribution < -0.4 is 0 Å². The normalized spacial score (nSPS) is 19.8. The van der Waals surface area contributed by atoms with Gasteiger partial charge in [-0.25, -0.2) is 8.42 Å². The fourth-order valence-electron chi connectivity index (χ4n) is 3.64. The number of benzene rings is 1. The third kappa shape index (κ3) is 3.47. The second kappa shape index (κ2) is 6.72. The van der Waals surface area contributed by atoms with Crippen LogP contribution in [0.3, 0.4) is 0 Å². The maximum atomic E-state index is 13.3. The zero-order valence-corrected chi connectivity index (χ0v) is 16.4. The minimum absolute atomic E-state index is 0.187. The van der Waals surface area contributed by atoms with Crippen LogP contribution in [0.5, 0.6) is 0 Å². The summed E-state index contributed by atoms with van der Waals surface area (Å²) < 4.78 is 28.2. The molecule has 1 saturated heterocycles. The van der Waals surface area contributed by atoms with E-state index in [1.807, 2.05) is 38.7 Å². The predicted molar refractivity (Wildman–Crippen MR) is 98.1 cm³/mol. The Morgan fingerprint density at radius 2 is 1.56 bits per heavy atom. The molecule has 2 fully saturated rings. The number of hydrogen-bond acceptors (Lipinski definition) is 3. The molecule has 6 heteroatoms. The molecule has 3 rings (SSSR count). The van der Waals surface area contributed by atoms with Gasteiger partial charge in [0.2, 0.25) is 15.9 Å². The summed E-state index contributed by atoms with van der Waals surface area (Å²) in [6.07, 6.45) is 2.66. The molecular weight excluding hydrogens is 336 g/mol. The van der Waals surface area contributed by atoms with Crippen molar-refractivity contribution in [1.29, 1.82) is 0 Å². The summed E-state index contributed by atoms with van der Waals surface area (Å²) in [6, 6.07) is 2.04. The number of sulfonamides is 1. The molecule has 2 aliphatic rings. The van der Waals surface area contributed by atoms with Crippen molar-refractivity contribution in [2.45, 2.75) is 51.9 Å². The van der Waals surface area contributed by atoms with Gasteiger partial charge in [-0.1, -0.05) is 6.07 Å². The topological polar surface area (TPSA) is 57.7 Å². The molecular formula is C19H28N2O3S. The fourth-order valence-corrected chi connectivity index (χ4v) is 5.69. The second-order valence-electron chi connectivity index (χ2n) is 7.45. The molecule has 1 heterocycles. The summed E-state index contributed by atoms with van der Waals surface area (Å²) in [7, 11) is -3.55. The highest BCUT2D eigenvalue weighted by atomic mass is 32.2. The van der Waals surface area contributed by atoms with Crippen molar-refractivity contribution in [1.82, 2.24) is 9.21 Å². The second-order valence-corrected chi connectivity index (χ2v) is 9.32. The summed E-state index contributed by atoms with van der Waals surface area (Å²) >= 11 is 0. The summed E-state index contributed by atoms with van der Waals surface area (Å²) in [5.41, 5.74) is 3.67. The number of carbonyl (C=O) groups excluding carboxylic acids is 1. The Labute approximate surface area is 151 Å². The Morgan fingerprint density at radius 1 is 0.960 bits per heavy atom. The van der Waals surface area contributed by atoms with E-state index < -0.39 is 10.0 Å². The third-order valence-corrected chi connectivity index (χ3v) is 7.76. The van der Waals surface area contributed by atoms with E-state index >= 15 is 0 Å². The maximum absolute atomic E-state index is 13.3. The molecule has 0 N–H and O–H groups in total. The molecule has 5 nitrogen and oxygen atoms in total. The summed E-state index contributed by atoms with van der Waals surface area (Å²) in [5, 5.41) is 0. The van der Waals surface area contributed by atoms with Crippen LogP contribution >= 0.6 is 0 Å². The van der Waals surface area contributed by atoms with E-state index in [0.29, 0.717) is 37.5 Å². The molecule has 1 aromatic carbocycles. The van der Waals surface area contributed by atoms with Gasteiger partial charge in [0.1, 0.15) is 0 Å². The minimum Gasteiger partial charge on any atom is -0.341 e. The number of hydrogen-bond donors (Lipinski definition) is 0. The van der Waals surface area contributed by atoms with E-state index in [2.05, 4.69) is 0 Å². The van der Waals surface area contributed by atoms with Crippen LogP contribution in [0.4, 0.5) is 0 Å². The van der Waals surface area contributed by atoms with Gasteiger partial charge in [0.15, 0.2) is 0 Å². The monoisotopic (exact) mass is 364 g/mol. The van der Waals surface area contributed by atoms with Gasteiger partial charge < -0.3 is 4.90 Å². The Bertz CT molecular complexity index is 771. The van der Waals surface area contributed by atoms with Crippen molar-refractivity contribution in [3.05, 3.63) is 28.3 Å². The molecule has 0 unspecified atom stereocenters. The molecule has 1 aliphatic heterocycles. The lowest BCUT2D eigenvalue weighted by Gasteiger charge is -2.24. The zero-order valence-electron chi connectivity index (χ0n) is 15.6. The lowest BCUT2D eigenvalue weighted by molar-refractivity contribution is -0.132. The molecule has 0 bridgehead atoms. The van der Waals surface area contributed by atoms with Crippen molar-refractivity contribution >= 4 is 15.9 Å². The van der Waals surface area contributed by atoms with Crippen LogP contribution in [-0.2, 0) is 14.8 Å². The third-order valence-electron chi connectivity index (χ3n) is 5.59. The number of rotatable bonds is 3. The number of nitrogens with zero attached hydrogens (tertiary/aromatic N) is 2. The van der Waals surface area contributed by atoms with E-state index in [-0.39, 0.29) is 11.8 Å². The van der Waals surface area contributed by atoms with Gasteiger partial charge >= 0.3 is 0 Å². The molecule has 0 spiro atoms. The molecule has 1 aliphatic carbocycles. The van der Waals surface area contributed by atoms with E-state index in [0.717, 1.165) is 35.1 Å². The van der Waals surface area contributed by atoms with Crippen LogP contribution in [0.25, 0.3) is 0 Å². The van der Waals surface area contributed by atoms with Gasteiger partial charge in [0.05, 0.1) is 4.90 Å². The average Bonchev–Trinajstić information content (AvgIpc) is 3.38. The minimum atomic E-state index is -3.55. The highest BCUT2D eigenvalue weighted by Gasteiger charge is 2.36. The van der Waals surface area contributed by atoms with Gasteiger partial charge in [0.25, 0.3) is 0 Å². The fraction of sp³-hybridized carbons (Fsp3) is 0.632. The summed E-state index contributed by atoms with van der Waals surface area (Å²) in [6.45, 7) is 9.70. The first kappa shape index (κ1) is 18.4. The maximum Gasteiger partial charge on any atom is 0.243 e. The lowest BCUT2D eigenvalue weighted by Crippen LogP contribution is -2.38. The van der Waals surface area contributed by atoms with Crippen molar-refractivity contribution in [3.8, 4) is 0 Å². The molecule has 0 radical (unpaired) electrons. The van der Waals surface area contributed by atoms with Gasteiger partial charge in [-0.15, -0.1) is 0 Å². The molecule has 1 saturated carbocycles. The van der Waals surface area contributed by atoms with E-state index in [4.69, 9.17) is 0 Å². The number of aryl methyl sites for hydroxylation is 2. The van der Waals surface area contributed by atoms with Crippen LogP contribution in [0.1, 0.15) is 41.5 Å². The van der Waals surface area contributed by atoms with Crippen LogP contribution in [0, 0.1) is 33.6 Å². The largest absolute Gasteiger partial charge is 0.341 e. The molecule has 1 aromatic rings. The quantitative estimate of drug-likeness (QED) is 0.828. The van der Waals surface area contributed by atoms with Crippen LogP contribution in [-0.4, -0.2) is 49.7 Å². The van der Waals surface area contributed by atoms with Gasteiger partial charge in [0, 0.05) is 32.1 Å². The standard InChI is InChI=1S/C19H28N2O3S/c1-13-12-14(2)16(4)18(15(13)3)25(23,24)21-9-5-8-20(10-11-21)19(22)17-6-7-17/h12,17H,5-11H2,1-4H3. The van der Waals surface area contributed by atoms with Gasteiger partial charge in [-0.3, -0.25) is 4.79 Å². The lowest BCUT2D eigenvalue weighted by atomic mass is 10.0. The Balaban J connectivity index is 1.87. The van der Waals surface area contributed by atoms with E-state index in [1.165, 1.54) is 0 Å². The first-order chi connectivity index (χ1) is 11.7.